The van der Waals surface area contributed by atoms with Crippen molar-refractivity contribution in [1.29, 1.82) is 0 Å². The fourth-order valence-corrected chi connectivity index (χ4v) is 3.89. The molecule has 0 spiro atoms. The number of non-ortho nitro benzene ring substituents is 1. The first-order valence-electron chi connectivity index (χ1n) is 9.21. The number of aromatic nitrogens is 4. The van der Waals surface area contributed by atoms with Crippen molar-refractivity contribution in [3.63, 3.8) is 0 Å². The van der Waals surface area contributed by atoms with E-state index in [4.69, 9.17) is 4.74 Å². The number of nitrogens with one attached hydrogen (secondary N) is 1. The second-order valence-electron chi connectivity index (χ2n) is 6.55. The Balaban J connectivity index is 1.50. The average Bonchev–Trinajstić information content (AvgIpc) is 3.30. The molecule has 2 heterocycles. The van der Waals surface area contributed by atoms with Crippen molar-refractivity contribution in [3.05, 3.63) is 89.0 Å². The zero-order valence-electron chi connectivity index (χ0n) is 16.6. The number of ether oxygens (including phenoxy) is 1. The monoisotopic (exact) mass is 452 g/mol. The molecule has 0 unspecified atom stereocenters. The van der Waals surface area contributed by atoms with E-state index in [1.807, 2.05) is 0 Å². The summed E-state index contributed by atoms with van der Waals surface area (Å²) in [4.78, 5) is 18.6. The van der Waals surface area contributed by atoms with Gasteiger partial charge in [0.05, 0.1) is 9.82 Å². The normalized spacial score (nSPS) is 11.2. The Morgan fingerprint density at radius 1 is 1.06 bits per heavy atom. The van der Waals surface area contributed by atoms with E-state index < -0.39 is 14.9 Å². The topological polar surface area (TPSA) is 142 Å². The fourth-order valence-electron chi connectivity index (χ4n) is 2.79. The molecule has 0 atom stereocenters. The van der Waals surface area contributed by atoms with E-state index in [0.717, 1.165) is 6.07 Å². The quantitative estimate of drug-likeness (QED) is 0.332. The largest absolute Gasteiger partial charge is 0.439 e. The van der Waals surface area contributed by atoms with Crippen LogP contribution in [0.3, 0.4) is 0 Å². The van der Waals surface area contributed by atoms with Crippen LogP contribution in [-0.4, -0.2) is 33.1 Å². The predicted molar refractivity (Wildman–Crippen MR) is 114 cm³/mol. The Hall–Kier alpha value is -4.32. The molecule has 0 fully saturated rings. The number of nitro groups is 1. The molecule has 0 saturated heterocycles. The van der Waals surface area contributed by atoms with Gasteiger partial charge in [0.2, 0.25) is 5.88 Å². The maximum atomic E-state index is 12.5. The molecule has 162 valence electrons. The third-order valence-corrected chi connectivity index (χ3v) is 5.59. The number of nitro benzene ring substituents is 1. The van der Waals surface area contributed by atoms with Crippen LogP contribution in [0.1, 0.15) is 5.82 Å². The highest BCUT2D eigenvalue weighted by Gasteiger charge is 2.18. The Kier molecular flexibility index (Phi) is 5.52. The smallest absolute Gasteiger partial charge is 0.270 e. The lowest BCUT2D eigenvalue weighted by Crippen LogP contribution is -2.13. The third-order valence-electron chi connectivity index (χ3n) is 4.21. The number of sulfonamides is 1. The van der Waals surface area contributed by atoms with E-state index in [0.29, 0.717) is 23.3 Å². The highest BCUT2D eigenvalue weighted by Crippen LogP contribution is 2.25. The summed E-state index contributed by atoms with van der Waals surface area (Å²) in [6.45, 7) is 1.73. The van der Waals surface area contributed by atoms with Crippen LogP contribution in [0.2, 0.25) is 0 Å². The van der Waals surface area contributed by atoms with Gasteiger partial charge < -0.3 is 4.74 Å². The number of nitrogens with zero attached hydrogens (tertiary/aromatic N) is 5. The summed E-state index contributed by atoms with van der Waals surface area (Å²) in [6, 6.07) is 14.3. The van der Waals surface area contributed by atoms with Crippen molar-refractivity contribution in [2.75, 3.05) is 4.72 Å². The summed E-state index contributed by atoms with van der Waals surface area (Å²) in [7, 11) is -4.00. The van der Waals surface area contributed by atoms with Gasteiger partial charge in [-0.2, -0.15) is 10.1 Å². The lowest BCUT2D eigenvalue weighted by molar-refractivity contribution is -0.385. The molecular weight excluding hydrogens is 436 g/mol. The van der Waals surface area contributed by atoms with E-state index in [1.54, 1.807) is 48.3 Å². The summed E-state index contributed by atoms with van der Waals surface area (Å²) >= 11 is 0. The summed E-state index contributed by atoms with van der Waals surface area (Å²) in [5.74, 6) is 1.76. The Morgan fingerprint density at radius 3 is 2.53 bits per heavy atom. The number of hydrogen-bond donors (Lipinski definition) is 1. The van der Waals surface area contributed by atoms with Crippen molar-refractivity contribution in [1.82, 2.24) is 19.7 Å². The third kappa shape index (κ3) is 4.70. The molecule has 0 aliphatic heterocycles. The van der Waals surface area contributed by atoms with Crippen LogP contribution in [0.25, 0.3) is 5.82 Å². The second-order valence-corrected chi connectivity index (χ2v) is 8.23. The van der Waals surface area contributed by atoms with Crippen LogP contribution in [-0.2, 0) is 10.0 Å². The SMILES string of the molecule is Cc1nc(Oc2ccc(NS(=O)(=O)c3cccc([N+](=O)[O-])c3)cc2)cc(-n2cccn2)n1. The maximum Gasteiger partial charge on any atom is 0.270 e. The molecule has 2 aromatic carbocycles. The van der Waals surface area contributed by atoms with E-state index in [2.05, 4.69) is 19.8 Å². The van der Waals surface area contributed by atoms with Gasteiger partial charge in [0.25, 0.3) is 15.7 Å². The van der Waals surface area contributed by atoms with Gasteiger partial charge in [-0.1, -0.05) is 6.07 Å². The van der Waals surface area contributed by atoms with Gasteiger partial charge in [0.15, 0.2) is 5.82 Å². The molecule has 0 aliphatic carbocycles. The van der Waals surface area contributed by atoms with Crippen LogP contribution in [0.5, 0.6) is 11.6 Å². The molecule has 32 heavy (non-hydrogen) atoms. The van der Waals surface area contributed by atoms with Crippen LogP contribution in [0.4, 0.5) is 11.4 Å². The average molecular weight is 452 g/mol. The number of benzene rings is 2. The number of anilines is 1. The van der Waals surface area contributed by atoms with Gasteiger partial charge in [-0.05, 0) is 43.3 Å². The van der Waals surface area contributed by atoms with Crippen molar-refractivity contribution in [2.24, 2.45) is 0 Å². The zero-order chi connectivity index (χ0) is 22.7. The van der Waals surface area contributed by atoms with Gasteiger partial charge in [-0.3, -0.25) is 14.8 Å². The van der Waals surface area contributed by atoms with E-state index in [-0.39, 0.29) is 16.3 Å². The minimum absolute atomic E-state index is 0.213. The molecule has 4 aromatic rings. The standard InChI is InChI=1S/C20H16N6O5S/c1-14-22-19(25-11-3-10-21-25)13-20(23-14)31-17-8-6-15(7-9-17)24-32(29,30)18-5-2-4-16(12-18)26(27)28/h2-13,24H,1H3. The van der Waals surface area contributed by atoms with Crippen molar-refractivity contribution >= 4 is 21.4 Å². The molecule has 1 N–H and O–H groups in total. The first-order valence-corrected chi connectivity index (χ1v) is 10.7. The highest BCUT2D eigenvalue weighted by atomic mass is 32.2. The lowest BCUT2D eigenvalue weighted by Gasteiger charge is -2.10. The molecule has 0 radical (unpaired) electrons. The Labute approximate surface area is 182 Å². The molecule has 2 aromatic heterocycles. The molecule has 0 aliphatic rings. The maximum absolute atomic E-state index is 12.5. The van der Waals surface area contributed by atoms with Gasteiger partial charge in [0.1, 0.15) is 11.6 Å². The van der Waals surface area contributed by atoms with Crippen LogP contribution in [0, 0.1) is 17.0 Å². The first kappa shape index (κ1) is 20.9. The fraction of sp³-hybridized carbons (Fsp3) is 0.0500. The molecule has 0 saturated carbocycles. The van der Waals surface area contributed by atoms with E-state index in [1.165, 1.54) is 30.3 Å². The van der Waals surface area contributed by atoms with E-state index in [9.17, 15) is 18.5 Å². The van der Waals surface area contributed by atoms with Crippen molar-refractivity contribution < 1.29 is 18.1 Å². The Morgan fingerprint density at radius 2 is 1.84 bits per heavy atom. The molecule has 11 nitrogen and oxygen atoms in total. The molecule has 12 heteroatoms. The molecule has 0 amide bonds. The second kappa shape index (κ2) is 8.43. The van der Waals surface area contributed by atoms with Gasteiger partial charge >= 0.3 is 0 Å². The first-order chi connectivity index (χ1) is 15.3. The van der Waals surface area contributed by atoms with Gasteiger partial charge in [-0.15, -0.1) is 0 Å². The van der Waals surface area contributed by atoms with Crippen LogP contribution in [0.15, 0.2) is 78.0 Å². The van der Waals surface area contributed by atoms with Crippen LogP contribution >= 0.6 is 0 Å². The summed E-state index contributed by atoms with van der Waals surface area (Å²) in [5, 5.41) is 15.0. The minimum atomic E-state index is -4.00. The van der Waals surface area contributed by atoms with Crippen molar-refractivity contribution in [2.45, 2.75) is 11.8 Å². The zero-order valence-corrected chi connectivity index (χ0v) is 17.4. The van der Waals surface area contributed by atoms with Gasteiger partial charge in [0, 0.05) is 36.3 Å². The molecular formula is C20H16N6O5S. The Bertz CT molecular complexity index is 1370. The summed E-state index contributed by atoms with van der Waals surface area (Å²) < 4.78 is 34.8. The highest BCUT2D eigenvalue weighted by molar-refractivity contribution is 7.92. The molecule has 4 rings (SSSR count). The molecule has 0 bridgehead atoms. The van der Waals surface area contributed by atoms with E-state index >= 15 is 0 Å². The minimum Gasteiger partial charge on any atom is -0.439 e. The van der Waals surface area contributed by atoms with Gasteiger partial charge in [-0.25, -0.2) is 18.1 Å². The van der Waals surface area contributed by atoms with Crippen molar-refractivity contribution in [3.8, 4) is 17.4 Å². The lowest BCUT2D eigenvalue weighted by atomic mass is 10.3. The number of rotatable bonds is 7. The summed E-state index contributed by atoms with van der Waals surface area (Å²) in [5.41, 5.74) is -0.0498. The summed E-state index contributed by atoms with van der Waals surface area (Å²) in [6.07, 6.45) is 3.37. The number of aryl methyl sites for hydroxylation is 1. The predicted octanol–water partition coefficient (Wildman–Crippen LogP) is 3.47. The van der Waals surface area contributed by atoms with Crippen LogP contribution < -0.4 is 9.46 Å². The number of hydrogen-bond acceptors (Lipinski definition) is 8.